The van der Waals surface area contributed by atoms with Crippen LogP contribution in [0.3, 0.4) is 0 Å². The van der Waals surface area contributed by atoms with E-state index in [4.69, 9.17) is 5.14 Å². The molecule has 0 aromatic heterocycles. The summed E-state index contributed by atoms with van der Waals surface area (Å²) in [6.45, 7) is 3.87. The highest BCUT2D eigenvalue weighted by Gasteiger charge is 2.28. The maximum Gasteiger partial charge on any atom is 0.158 e. The first-order valence-electron chi connectivity index (χ1n) is 6.92. The van der Waals surface area contributed by atoms with Crippen LogP contribution in [0.25, 0.3) is 5.57 Å². The normalized spacial score (nSPS) is 18.4. The smallest absolute Gasteiger partial charge is 0.158 e. The molecule has 1 atom stereocenters. The topological polar surface area (TPSA) is 49.1 Å². The summed E-state index contributed by atoms with van der Waals surface area (Å²) in [6.07, 6.45) is 7.12. The minimum atomic E-state index is -1.35. The zero-order valence-corrected chi connectivity index (χ0v) is 12.6. The fourth-order valence-corrected chi connectivity index (χ4v) is 2.45. The van der Waals surface area contributed by atoms with Gasteiger partial charge in [0.05, 0.1) is 0 Å². The number of allylic oxidation sites excluding steroid dienone is 1. The zero-order chi connectivity index (χ0) is 13.9. The largest absolute Gasteiger partial charge is 0.598 e. The standard InChI is InChI=1S/C16H23NOS/c1-16(2,19(17)18)12-15(11-10-13-8-9-13)14-6-4-3-5-7-14/h3-7,12-13H,8-11,17H2,1-2H3. The number of hydrogen-bond donors (Lipinski definition) is 1. The molecule has 0 bridgehead atoms. The van der Waals surface area contributed by atoms with Crippen LogP contribution in [0.15, 0.2) is 36.4 Å². The number of benzene rings is 1. The Kier molecular flexibility index (Phi) is 4.71. The van der Waals surface area contributed by atoms with Crippen LogP contribution in [-0.4, -0.2) is 9.30 Å². The molecule has 0 amide bonds. The van der Waals surface area contributed by atoms with Crippen LogP contribution < -0.4 is 5.14 Å². The van der Waals surface area contributed by atoms with Gasteiger partial charge in [0.15, 0.2) is 4.75 Å². The summed E-state index contributed by atoms with van der Waals surface area (Å²) in [5, 5.41) is 5.59. The van der Waals surface area contributed by atoms with E-state index in [1.165, 1.54) is 30.4 Å². The van der Waals surface area contributed by atoms with E-state index in [-0.39, 0.29) is 0 Å². The highest BCUT2D eigenvalue weighted by molar-refractivity contribution is 7.90. The Morgan fingerprint density at radius 2 is 2.00 bits per heavy atom. The van der Waals surface area contributed by atoms with E-state index in [1.807, 2.05) is 32.0 Å². The Labute approximate surface area is 119 Å². The molecule has 1 aromatic carbocycles. The van der Waals surface area contributed by atoms with Gasteiger partial charge in [-0.3, -0.25) is 0 Å². The van der Waals surface area contributed by atoms with Gasteiger partial charge in [0, 0.05) is 11.4 Å². The van der Waals surface area contributed by atoms with Crippen LogP contribution in [0, 0.1) is 5.92 Å². The van der Waals surface area contributed by atoms with Gasteiger partial charge in [-0.15, -0.1) is 0 Å². The minimum absolute atomic E-state index is 0.477. The Bertz CT molecular complexity index is 435. The lowest BCUT2D eigenvalue weighted by Gasteiger charge is -2.22. The van der Waals surface area contributed by atoms with Gasteiger partial charge in [0.1, 0.15) is 0 Å². The lowest BCUT2D eigenvalue weighted by Crippen LogP contribution is -2.36. The third-order valence-electron chi connectivity index (χ3n) is 3.70. The quantitative estimate of drug-likeness (QED) is 0.807. The molecule has 0 heterocycles. The van der Waals surface area contributed by atoms with Crippen molar-refractivity contribution in [1.82, 2.24) is 0 Å². The van der Waals surface area contributed by atoms with Crippen molar-refractivity contribution in [2.45, 2.75) is 44.3 Å². The highest BCUT2D eigenvalue weighted by Crippen LogP contribution is 2.37. The summed E-state index contributed by atoms with van der Waals surface area (Å²) in [7, 11) is 0. The van der Waals surface area contributed by atoms with Crippen molar-refractivity contribution in [3.63, 3.8) is 0 Å². The summed E-state index contributed by atoms with van der Waals surface area (Å²) in [5.41, 5.74) is 2.50. The van der Waals surface area contributed by atoms with Gasteiger partial charge in [-0.25, -0.2) is 0 Å². The molecular weight excluding hydrogens is 254 g/mol. The molecule has 1 saturated carbocycles. The average Bonchev–Trinajstić information content (AvgIpc) is 3.19. The fourth-order valence-electron chi connectivity index (χ4n) is 2.20. The summed E-state index contributed by atoms with van der Waals surface area (Å²) in [5.74, 6) is 0.901. The molecular formula is C16H23NOS. The van der Waals surface area contributed by atoms with Crippen molar-refractivity contribution in [3.8, 4) is 0 Å². The van der Waals surface area contributed by atoms with Crippen LogP contribution in [0.5, 0.6) is 0 Å². The maximum absolute atomic E-state index is 11.6. The van der Waals surface area contributed by atoms with Gasteiger partial charge in [-0.2, -0.15) is 5.14 Å². The van der Waals surface area contributed by atoms with Crippen molar-refractivity contribution in [3.05, 3.63) is 42.0 Å². The molecule has 1 aromatic rings. The molecule has 1 unspecified atom stereocenters. The molecule has 2 rings (SSSR count). The van der Waals surface area contributed by atoms with E-state index in [1.54, 1.807) is 0 Å². The average molecular weight is 277 g/mol. The summed E-state index contributed by atoms with van der Waals surface area (Å²) in [4.78, 5) is 0. The number of hydrogen-bond acceptors (Lipinski definition) is 2. The third-order valence-corrected chi connectivity index (χ3v) is 4.86. The van der Waals surface area contributed by atoms with Crippen LogP contribution in [0.1, 0.15) is 45.1 Å². The van der Waals surface area contributed by atoms with Crippen LogP contribution in [0.4, 0.5) is 0 Å². The van der Waals surface area contributed by atoms with Crippen molar-refractivity contribution in [2.75, 3.05) is 0 Å². The van der Waals surface area contributed by atoms with Gasteiger partial charge >= 0.3 is 0 Å². The molecule has 1 aliphatic carbocycles. The summed E-state index contributed by atoms with van der Waals surface area (Å²) in [6, 6.07) is 10.4. The first kappa shape index (κ1) is 14.6. The first-order chi connectivity index (χ1) is 8.99. The second-order valence-corrected chi connectivity index (χ2v) is 7.57. The van der Waals surface area contributed by atoms with Gasteiger partial charge in [0.25, 0.3) is 0 Å². The van der Waals surface area contributed by atoms with E-state index < -0.39 is 16.1 Å². The van der Waals surface area contributed by atoms with Crippen LogP contribution >= 0.6 is 0 Å². The maximum atomic E-state index is 11.6. The van der Waals surface area contributed by atoms with Gasteiger partial charge < -0.3 is 4.55 Å². The van der Waals surface area contributed by atoms with Gasteiger partial charge in [0.2, 0.25) is 0 Å². The predicted molar refractivity (Wildman–Crippen MR) is 82.8 cm³/mol. The Morgan fingerprint density at radius 1 is 1.37 bits per heavy atom. The summed E-state index contributed by atoms with van der Waals surface area (Å²) < 4.78 is 11.1. The SMILES string of the molecule is CC(C)(C=C(CCC1CC1)c1ccccc1)[S+](N)[O-]. The van der Waals surface area contributed by atoms with E-state index in [9.17, 15) is 4.55 Å². The summed E-state index contributed by atoms with van der Waals surface area (Å²) >= 11 is -1.35. The molecule has 0 saturated heterocycles. The van der Waals surface area contributed by atoms with Crippen LogP contribution in [0.2, 0.25) is 0 Å². The molecule has 0 radical (unpaired) electrons. The fraction of sp³-hybridized carbons (Fsp3) is 0.500. The number of rotatable bonds is 6. The Hall–Kier alpha value is -0.770. The van der Waals surface area contributed by atoms with Crippen LogP contribution in [-0.2, 0) is 11.4 Å². The van der Waals surface area contributed by atoms with Crippen molar-refractivity contribution in [2.24, 2.45) is 11.1 Å². The number of nitrogens with two attached hydrogens (primary N) is 1. The zero-order valence-electron chi connectivity index (χ0n) is 11.8. The lowest BCUT2D eigenvalue weighted by molar-refractivity contribution is 0.573. The second-order valence-electron chi connectivity index (χ2n) is 5.92. The molecule has 1 fully saturated rings. The van der Waals surface area contributed by atoms with Crippen molar-refractivity contribution < 1.29 is 4.55 Å². The van der Waals surface area contributed by atoms with Gasteiger partial charge in [-0.05, 0) is 49.8 Å². The molecule has 3 heteroatoms. The first-order valence-corrected chi connectivity index (χ1v) is 8.14. The molecule has 19 heavy (non-hydrogen) atoms. The Morgan fingerprint density at radius 3 is 2.53 bits per heavy atom. The third kappa shape index (κ3) is 4.37. The van der Waals surface area contributed by atoms with E-state index in [0.717, 1.165) is 12.3 Å². The van der Waals surface area contributed by atoms with Crippen molar-refractivity contribution >= 4 is 16.9 Å². The Balaban J connectivity index is 2.20. The highest BCUT2D eigenvalue weighted by atomic mass is 32.2. The van der Waals surface area contributed by atoms with Gasteiger partial charge in [-0.1, -0.05) is 43.2 Å². The minimum Gasteiger partial charge on any atom is -0.598 e. The van der Waals surface area contributed by atoms with E-state index in [0.29, 0.717) is 0 Å². The van der Waals surface area contributed by atoms with Crippen molar-refractivity contribution in [1.29, 1.82) is 0 Å². The lowest BCUT2D eigenvalue weighted by atomic mass is 9.96. The second kappa shape index (κ2) is 6.12. The monoisotopic (exact) mass is 277 g/mol. The molecule has 1 aliphatic rings. The molecule has 0 aliphatic heterocycles. The predicted octanol–water partition coefficient (Wildman–Crippen LogP) is 3.66. The molecule has 104 valence electrons. The van der Waals surface area contributed by atoms with E-state index >= 15 is 0 Å². The molecule has 2 nitrogen and oxygen atoms in total. The van der Waals surface area contributed by atoms with E-state index in [2.05, 4.69) is 18.2 Å². The molecule has 2 N–H and O–H groups in total. The molecule has 0 spiro atoms.